The molecule has 1 fully saturated rings. The lowest BCUT2D eigenvalue weighted by Crippen LogP contribution is -2.43. The van der Waals surface area contributed by atoms with Crippen LogP contribution in [0.5, 0.6) is 0 Å². The third-order valence-corrected chi connectivity index (χ3v) is 4.57. The zero-order valence-electron chi connectivity index (χ0n) is 15.9. The van der Waals surface area contributed by atoms with Crippen molar-refractivity contribution in [1.29, 1.82) is 0 Å². The van der Waals surface area contributed by atoms with Crippen molar-refractivity contribution < 1.29 is 14.4 Å². The average Bonchev–Trinajstić information content (AvgIpc) is 2.61. The maximum absolute atomic E-state index is 12.3. The smallest absolute Gasteiger partial charge is 0.227 e. The third-order valence-electron chi connectivity index (χ3n) is 4.57. The molecule has 1 heterocycles. The number of amides is 3. The molecule has 1 aromatic carbocycles. The van der Waals surface area contributed by atoms with E-state index in [9.17, 15) is 14.4 Å². The van der Waals surface area contributed by atoms with Crippen molar-refractivity contribution in [3.63, 3.8) is 0 Å². The van der Waals surface area contributed by atoms with Crippen LogP contribution in [0.15, 0.2) is 30.3 Å². The summed E-state index contributed by atoms with van der Waals surface area (Å²) in [4.78, 5) is 38.2. The molecule has 6 heteroatoms. The van der Waals surface area contributed by atoms with Crippen LogP contribution in [0.1, 0.15) is 40.0 Å². The summed E-state index contributed by atoms with van der Waals surface area (Å²) in [6, 6.07) is 9.40. The standard InChI is InChI=1S/C20H29N3O3/c1-20(2,3)19(26)21-12-9-17(24)23-13-10-15(11-14-23)18(25)22-16-7-5-4-6-8-16/h4-8,15H,9-14H2,1-3H3,(H,21,26)(H,22,25). The van der Waals surface area contributed by atoms with Gasteiger partial charge in [-0.15, -0.1) is 0 Å². The minimum absolute atomic E-state index is 0.0146. The number of rotatable bonds is 5. The Kier molecular flexibility index (Phi) is 6.77. The molecule has 2 N–H and O–H groups in total. The molecule has 0 atom stereocenters. The van der Waals surface area contributed by atoms with Gasteiger partial charge in [0.25, 0.3) is 0 Å². The number of anilines is 1. The van der Waals surface area contributed by atoms with E-state index in [1.54, 1.807) is 4.90 Å². The van der Waals surface area contributed by atoms with Gasteiger partial charge in [-0.2, -0.15) is 0 Å². The van der Waals surface area contributed by atoms with Gasteiger partial charge >= 0.3 is 0 Å². The second-order valence-electron chi connectivity index (χ2n) is 7.77. The highest BCUT2D eigenvalue weighted by Crippen LogP contribution is 2.20. The van der Waals surface area contributed by atoms with Crippen LogP contribution in [-0.4, -0.2) is 42.3 Å². The summed E-state index contributed by atoms with van der Waals surface area (Å²) in [7, 11) is 0. The molecule has 0 radical (unpaired) electrons. The van der Waals surface area contributed by atoms with Gasteiger partial charge in [-0.05, 0) is 25.0 Å². The van der Waals surface area contributed by atoms with Gasteiger partial charge in [-0.3, -0.25) is 14.4 Å². The molecule has 1 saturated heterocycles. The number of piperidine rings is 1. The predicted octanol–water partition coefficient (Wildman–Crippen LogP) is 2.42. The van der Waals surface area contributed by atoms with Gasteiger partial charge < -0.3 is 15.5 Å². The fourth-order valence-corrected chi connectivity index (χ4v) is 2.86. The maximum Gasteiger partial charge on any atom is 0.227 e. The van der Waals surface area contributed by atoms with E-state index < -0.39 is 5.41 Å². The zero-order chi connectivity index (χ0) is 19.2. The van der Waals surface area contributed by atoms with Crippen LogP contribution < -0.4 is 10.6 Å². The van der Waals surface area contributed by atoms with E-state index in [1.165, 1.54) is 0 Å². The number of hydrogen-bond donors (Lipinski definition) is 2. The number of nitrogens with one attached hydrogen (secondary N) is 2. The number of likely N-dealkylation sites (tertiary alicyclic amines) is 1. The molecule has 0 spiro atoms. The lowest BCUT2D eigenvalue weighted by atomic mass is 9.95. The van der Waals surface area contributed by atoms with E-state index >= 15 is 0 Å². The number of benzene rings is 1. The largest absolute Gasteiger partial charge is 0.355 e. The summed E-state index contributed by atoms with van der Waals surface area (Å²) in [5.74, 6) is -0.0803. The summed E-state index contributed by atoms with van der Waals surface area (Å²) in [6.45, 7) is 7.04. The molecule has 2 rings (SSSR count). The molecule has 3 amide bonds. The lowest BCUT2D eigenvalue weighted by molar-refractivity contribution is -0.134. The SMILES string of the molecule is CC(C)(C)C(=O)NCCC(=O)N1CCC(C(=O)Nc2ccccc2)CC1. The molecule has 0 aromatic heterocycles. The topological polar surface area (TPSA) is 78.5 Å². The van der Waals surface area contributed by atoms with Gasteiger partial charge in [0.15, 0.2) is 0 Å². The molecular weight excluding hydrogens is 330 g/mol. The molecule has 6 nitrogen and oxygen atoms in total. The highest BCUT2D eigenvalue weighted by Gasteiger charge is 2.27. The van der Waals surface area contributed by atoms with Gasteiger partial charge in [-0.25, -0.2) is 0 Å². The van der Waals surface area contributed by atoms with Crippen molar-refractivity contribution >= 4 is 23.4 Å². The molecular formula is C20H29N3O3. The normalized spacial score (nSPS) is 15.4. The molecule has 0 bridgehead atoms. The first kappa shape index (κ1) is 19.9. The molecule has 0 unspecified atom stereocenters. The Hall–Kier alpha value is -2.37. The molecule has 0 aliphatic carbocycles. The summed E-state index contributed by atoms with van der Waals surface area (Å²) in [6.07, 6.45) is 1.63. The fourth-order valence-electron chi connectivity index (χ4n) is 2.86. The van der Waals surface area contributed by atoms with Crippen molar-refractivity contribution in [3.8, 4) is 0 Å². The Bertz CT molecular complexity index is 629. The summed E-state index contributed by atoms with van der Waals surface area (Å²) < 4.78 is 0. The van der Waals surface area contributed by atoms with Crippen molar-refractivity contribution in [2.75, 3.05) is 25.0 Å². The monoisotopic (exact) mass is 359 g/mol. The van der Waals surface area contributed by atoms with Crippen LogP contribution in [0.3, 0.4) is 0 Å². The maximum atomic E-state index is 12.3. The Morgan fingerprint density at radius 3 is 2.27 bits per heavy atom. The van der Waals surface area contributed by atoms with E-state index in [-0.39, 0.29) is 23.6 Å². The van der Waals surface area contributed by atoms with Crippen molar-refractivity contribution in [2.45, 2.75) is 40.0 Å². The number of nitrogens with zero attached hydrogens (tertiary/aromatic N) is 1. The van der Waals surface area contributed by atoms with Crippen molar-refractivity contribution in [3.05, 3.63) is 30.3 Å². The lowest BCUT2D eigenvalue weighted by Gasteiger charge is -2.31. The van der Waals surface area contributed by atoms with Gasteiger partial charge in [-0.1, -0.05) is 39.0 Å². The molecule has 1 aliphatic heterocycles. The van der Waals surface area contributed by atoms with Crippen molar-refractivity contribution in [1.82, 2.24) is 10.2 Å². The van der Waals surface area contributed by atoms with Crippen LogP contribution in [0.4, 0.5) is 5.69 Å². The molecule has 1 aliphatic rings. The van der Waals surface area contributed by atoms with Crippen LogP contribution in [-0.2, 0) is 14.4 Å². The highest BCUT2D eigenvalue weighted by atomic mass is 16.2. The van der Waals surface area contributed by atoms with Gasteiger partial charge in [0.2, 0.25) is 17.7 Å². The third kappa shape index (κ3) is 5.86. The van der Waals surface area contributed by atoms with E-state index in [1.807, 2.05) is 51.1 Å². The van der Waals surface area contributed by atoms with Gasteiger partial charge in [0.05, 0.1) is 0 Å². The Morgan fingerprint density at radius 2 is 1.69 bits per heavy atom. The van der Waals surface area contributed by atoms with E-state index in [0.717, 1.165) is 5.69 Å². The van der Waals surface area contributed by atoms with Crippen LogP contribution >= 0.6 is 0 Å². The van der Waals surface area contributed by atoms with E-state index in [2.05, 4.69) is 10.6 Å². The number of para-hydroxylation sites is 1. The van der Waals surface area contributed by atoms with Crippen molar-refractivity contribution in [2.24, 2.45) is 11.3 Å². The first-order chi connectivity index (χ1) is 12.3. The Morgan fingerprint density at radius 1 is 1.08 bits per heavy atom. The molecule has 1 aromatic rings. The quantitative estimate of drug-likeness (QED) is 0.847. The van der Waals surface area contributed by atoms with Gasteiger partial charge in [0, 0.05) is 43.1 Å². The zero-order valence-corrected chi connectivity index (χ0v) is 15.9. The van der Waals surface area contributed by atoms with E-state index in [0.29, 0.717) is 38.9 Å². The Balaban J connectivity index is 1.71. The Labute approximate surface area is 155 Å². The molecule has 142 valence electrons. The minimum atomic E-state index is -0.451. The summed E-state index contributed by atoms with van der Waals surface area (Å²) >= 11 is 0. The number of carbonyl (C=O) groups excluding carboxylic acids is 3. The summed E-state index contributed by atoms with van der Waals surface area (Å²) in [5, 5.41) is 5.72. The first-order valence-corrected chi connectivity index (χ1v) is 9.19. The molecule has 0 saturated carbocycles. The van der Waals surface area contributed by atoms with E-state index in [4.69, 9.17) is 0 Å². The average molecular weight is 359 g/mol. The number of carbonyl (C=O) groups is 3. The fraction of sp³-hybridized carbons (Fsp3) is 0.550. The minimum Gasteiger partial charge on any atom is -0.355 e. The second kappa shape index (κ2) is 8.83. The predicted molar refractivity (Wildman–Crippen MR) is 101 cm³/mol. The van der Waals surface area contributed by atoms with Crippen LogP contribution in [0, 0.1) is 11.3 Å². The first-order valence-electron chi connectivity index (χ1n) is 9.19. The highest BCUT2D eigenvalue weighted by molar-refractivity contribution is 5.92. The van der Waals surface area contributed by atoms with Gasteiger partial charge in [0.1, 0.15) is 0 Å². The molecule has 26 heavy (non-hydrogen) atoms. The summed E-state index contributed by atoms with van der Waals surface area (Å²) in [5.41, 5.74) is 0.346. The number of hydrogen-bond acceptors (Lipinski definition) is 3. The van der Waals surface area contributed by atoms with Crippen LogP contribution in [0.2, 0.25) is 0 Å². The van der Waals surface area contributed by atoms with Crippen LogP contribution in [0.25, 0.3) is 0 Å². The second-order valence-corrected chi connectivity index (χ2v) is 7.77.